The minimum Gasteiger partial charge on any atom is -0.325 e. The number of hydrogen-bond donors (Lipinski definition) is 1. The molecule has 96 valence electrons. The third-order valence-electron chi connectivity index (χ3n) is 3.22. The van der Waals surface area contributed by atoms with Gasteiger partial charge in [0.25, 0.3) is 0 Å². The minimum absolute atomic E-state index is 0.183. The van der Waals surface area contributed by atoms with Crippen LogP contribution in [0, 0.1) is 0 Å². The molecule has 1 saturated carbocycles. The third-order valence-corrected chi connectivity index (χ3v) is 3.22. The standard InChI is InChI=1S/C11H21F3N2/c1-2-7-16(9-11(12,13)14)8-6-10(15)4-3-5-10/h2-9,15H2,1H3. The number of nitrogens with two attached hydrogens (primary N) is 1. The lowest BCUT2D eigenvalue weighted by atomic mass is 9.75. The van der Waals surface area contributed by atoms with Gasteiger partial charge in [0, 0.05) is 12.1 Å². The molecule has 1 aliphatic rings. The summed E-state index contributed by atoms with van der Waals surface area (Å²) in [6.07, 6.45) is 0.356. The molecule has 0 atom stereocenters. The van der Waals surface area contributed by atoms with Crippen molar-refractivity contribution in [2.75, 3.05) is 19.6 Å². The molecule has 0 aliphatic heterocycles. The highest BCUT2D eigenvalue weighted by molar-refractivity contribution is 4.93. The smallest absolute Gasteiger partial charge is 0.325 e. The van der Waals surface area contributed by atoms with Crippen LogP contribution >= 0.6 is 0 Å². The zero-order valence-electron chi connectivity index (χ0n) is 9.82. The van der Waals surface area contributed by atoms with E-state index in [1.807, 2.05) is 6.92 Å². The highest BCUT2D eigenvalue weighted by atomic mass is 19.4. The predicted octanol–water partition coefficient (Wildman–Crippen LogP) is 2.53. The molecule has 1 fully saturated rings. The molecule has 2 N–H and O–H groups in total. The van der Waals surface area contributed by atoms with Crippen LogP contribution in [0.3, 0.4) is 0 Å². The fraction of sp³-hybridized carbons (Fsp3) is 1.00. The molecular weight excluding hydrogens is 217 g/mol. The molecule has 0 unspecified atom stereocenters. The fourth-order valence-electron chi connectivity index (χ4n) is 2.10. The van der Waals surface area contributed by atoms with Crippen LogP contribution in [0.5, 0.6) is 0 Å². The van der Waals surface area contributed by atoms with Gasteiger partial charge in [0.15, 0.2) is 0 Å². The largest absolute Gasteiger partial charge is 0.401 e. The maximum absolute atomic E-state index is 12.3. The fourth-order valence-corrected chi connectivity index (χ4v) is 2.10. The van der Waals surface area contributed by atoms with Gasteiger partial charge in [-0.3, -0.25) is 4.90 Å². The summed E-state index contributed by atoms with van der Waals surface area (Å²) >= 11 is 0. The van der Waals surface area contributed by atoms with Crippen molar-refractivity contribution in [2.24, 2.45) is 5.73 Å². The van der Waals surface area contributed by atoms with E-state index in [1.54, 1.807) is 0 Å². The van der Waals surface area contributed by atoms with Crippen LogP contribution in [0.15, 0.2) is 0 Å². The lowest BCUT2D eigenvalue weighted by molar-refractivity contribution is -0.146. The van der Waals surface area contributed by atoms with Crippen LogP contribution in [0.2, 0.25) is 0 Å². The van der Waals surface area contributed by atoms with Crippen molar-refractivity contribution in [1.82, 2.24) is 4.90 Å². The van der Waals surface area contributed by atoms with Gasteiger partial charge in [0.1, 0.15) is 0 Å². The van der Waals surface area contributed by atoms with Gasteiger partial charge in [-0.05, 0) is 38.6 Å². The Morgan fingerprint density at radius 2 is 1.88 bits per heavy atom. The Morgan fingerprint density at radius 3 is 2.25 bits per heavy atom. The van der Waals surface area contributed by atoms with E-state index in [4.69, 9.17) is 5.73 Å². The van der Waals surface area contributed by atoms with E-state index in [1.165, 1.54) is 4.90 Å². The first-order valence-corrected chi connectivity index (χ1v) is 5.93. The average molecular weight is 238 g/mol. The second-order valence-electron chi connectivity index (χ2n) is 4.86. The van der Waals surface area contributed by atoms with Gasteiger partial charge in [0.2, 0.25) is 0 Å². The van der Waals surface area contributed by atoms with E-state index in [0.29, 0.717) is 19.5 Å². The Bertz CT molecular complexity index is 212. The van der Waals surface area contributed by atoms with Gasteiger partial charge in [-0.2, -0.15) is 13.2 Å². The Kier molecular flexibility index (Phi) is 4.62. The van der Waals surface area contributed by atoms with Crippen LogP contribution in [-0.4, -0.2) is 36.2 Å². The van der Waals surface area contributed by atoms with Crippen LogP contribution in [0.4, 0.5) is 13.2 Å². The highest BCUT2D eigenvalue weighted by Gasteiger charge is 2.34. The zero-order valence-corrected chi connectivity index (χ0v) is 9.82. The van der Waals surface area contributed by atoms with Crippen LogP contribution in [0.1, 0.15) is 39.0 Å². The molecule has 1 aliphatic carbocycles. The molecule has 0 bridgehead atoms. The maximum Gasteiger partial charge on any atom is 0.401 e. The predicted molar refractivity (Wildman–Crippen MR) is 58.2 cm³/mol. The van der Waals surface area contributed by atoms with Crippen molar-refractivity contribution >= 4 is 0 Å². The number of alkyl halides is 3. The van der Waals surface area contributed by atoms with Crippen molar-refractivity contribution in [2.45, 2.75) is 50.7 Å². The topological polar surface area (TPSA) is 29.3 Å². The minimum atomic E-state index is -4.10. The number of nitrogens with zero attached hydrogens (tertiary/aromatic N) is 1. The summed E-state index contributed by atoms with van der Waals surface area (Å²) in [5.74, 6) is 0. The lowest BCUT2D eigenvalue weighted by Crippen LogP contribution is -2.49. The van der Waals surface area contributed by atoms with E-state index in [9.17, 15) is 13.2 Å². The summed E-state index contributed by atoms with van der Waals surface area (Å²) in [6.45, 7) is 2.04. The quantitative estimate of drug-likeness (QED) is 0.770. The molecule has 0 saturated heterocycles. The van der Waals surface area contributed by atoms with Crippen molar-refractivity contribution in [3.63, 3.8) is 0 Å². The number of rotatable bonds is 6. The molecule has 2 nitrogen and oxygen atoms in total. The molecule has 16 heavy (non-hydrogen) atoms. The Labute approximate surface area is 95.0 Å². The summed E-state index contributed by atoms with van der Waals surface area (Å²) in [6, 6.07) is 0. The summed E-state index contributed by atoms with van der Waals surface area (Å²) in [7, 11) is 0. The van der Waals surface area contributed by atoms with Gasteiger partial charge in [-0.25, -0.2) is 0 Å². The van der Waals surface area contributed by atoms with Crippen molar-refractivity contribution in [1.29, 1.82) is 0 Å². The maximum atomic E-state index is 12.3. The van der Waals surface area contributed by atoms with Gasteiger partial charge in [0.05, 0.1) is 6.54 Å². The van der Waals surface area contributed by atoms with Crippen molar-refractivity contribution < 1.29 is 13.2 Å². The van der Waals surface area contributed by atoms with E-state index >= 15 is 0 Å². The normalized spacial score (nSPS) is 19.9. The first-order chi connectivity index (χ1) is 7.35. The van der Waals surface area contributed by atoms with E-state index < -0.39 is 12.7 Å². The first-order valence-electron chi connectivity index (χ1n) is 5.93. The first kappa shape index (κ1) is 13.8. The molecule has 0 spiro atoms. The van der Waals surface area contributed by atoms with Crippen molar-refractivity contribution in [3.05, 3.63) is 0 Å². The van der Waals surface area contributed by atoms with Crippen molar-refractivity contribution in [3.8, 4) is 0 Å². The SMILES string of the molecule is CCCN(CCC1(N)CCC1)CC(F)(F)F. The molecular formula is C11H21F3N2. The van der Waals surface area contributed by atoms with Gasteiger partial charge in [-0.15, -0.1) is 0 Å². The molecule has 0 radical (unpaired) electrons. The van der Waals surface area contributed by atoms with Crippen LogP contribution < -0.4 is 5.73 Å². The van der Waals surface area contributed by atoms with Crippen LogP contribution in [-0.2, 0) is 0 Å². The number of hydrogen-bond acceptors (Lipinski definition) is 2. The van der Waals surface area contributed by atoms with Gasteiger partial charge < -0.3 is 5.73 Å². The van der Waals surface area contributed by atoms with E-state index in [-0.39, 0.29) is 5.54 Å². The number of halogens is 3. The molecule has 0 aromatic rings. The second kappa shape index (κ2) is 5.36. The molecule has 0 amide bonds. The Balaban J connectivity index is 2.32. The average Bonchev–Trinajstić information content (AvgIpc) is 2.09. The summed E-state index contributed by atoms with van der Waals surface area (Å²) in [5.41, 5.74) is 5.82. The van der Waals surface area contributed by atoms with E-state index in [2.05, 4.69) is 0 Å². The van der Waals surface area contributed by atoms with Gasteiger partial charge >= 0.3 is 6.18 Å². The monoisotopic (exact) mass is 238 g/mol. The highest BCUT2D eigenvalue weighted by Crippen LogP contribution is 2.32. The van der Waals surface area contributed by atoms with Crippen LogP contribution in [0.25, 0.3) is 0 Å². The third kappa shape index (κ3) is 4.70. The molecule has 1 rings (SSSR count). The summed E-state index contributed by atoms with van der Waals surface area (Å²) < 4.78 is 36.8. The van der Waals surface area contributed by atoms with E-state index in [0.717, 1.165) is 25.7 Å². The second-order valence-corrected chi connectivity index (χ2v) is 4.86. The summed E-state index contributed by atoms with van der Waals surface area (Å²) in [5, 5.41) is 0. The lowest BCUT2D eigenvalue weighted by Gasteiger charge is -2.39. The Morgan fingerprint density at radius 1 is 1.25 bits per heavy atom. The summed E-state index contributed by atoms with van der Waals surface area (Å²) in [4.78, 5) is 1.47. The Hall–Kier alpha value is -0.290. The molecule has 5 heteroatoms. The molecule has 0 aromatic carbocycles. The van der Waals surface area contributed by atoms with Gasteiger partial charge in [-0.1, -0.05) is 6.92 Å². The molecule has 0 aromatic heterocycles. The molecule has 0 heterocycles. The zero-order chi connectivity index (χ0) is 12.2.